The minimum Gasteiger partial charge on any atom is -0.506 e. The van der Waals surface area contributed by atoms with Crippen molar-refractivity contribution >= 4 is 28.1 Å². The van der Waals surface area contributed by atoms with E-state index < -0.39 is 35.5 Å². The lowest BCUT2D eigenvalue weighted by atomic mass is 9.80. The number of benzene rings is 3. The van der Waals surface area contributed by atoms with E-state index in [1.807, 2.05) is 0 Å². The third kappa shape index (κ3) is 2.23. The number of methoxy groups -OCH3 is 1. The van der Waals surface area contributed by atoms with Gasteiger partial charge in [0.2, 0.25) is 5.78 Å². The molecular weight excluding hydrogens is 364 g/mol. The summed E-state index contributed by atoms with van der Waals surface area (Å²) in [6.07, 6.45) is 0. The van der Waals surface area contributed by atoms with Gasteiger partial charge in [-0.3, -0.25) is 14.4 Å². The number of fused-ring (bicyclic) bond motifs is 3. The summed E-state index contributed by atoms with van der Waals surface area (Å²) in [5.74, 6) is -2.67. The van der Waals surface area contributed by atoms with E-state index >= 15 is 0 Å². The van der Waals surface area contributed by atoms with Gasteiger partial charge in [0, 0.05) is 21.9 Å². The molecule has 3 N–H and O–H groups in total. The average molecular weight is 378 g/mol. The predicted molar refractivity (Wildman–Crippen MR) is 98.6 cm³/mol. The molecule has 0 spiro atoms. The Kier molecular flexibility index (Phi) is 3.90. The Bertz CT molecular complexity index is 1210. The summed E-state index contributed by atoms with van der Waals surface area (Å²) >= 11 is 0. The van der Waals surface area contributed by atoms with Gasteiger partial charge in [-0.1, -0.05) is 18.2 Å². The first-order valence-electron chi connectivity index (χ1n) is 8.32. The van der Waals surface area contributed by atoms with Gasteiger partial charge >= 0.3 is 0 Å². The second-order valence-corrected chi connectivity index (χ2v) is 6.33. The van der Waals surface area contributed by atoms with Crippen molar-refractivity contribution in [2.24, 2.45) is 0 Å². The zero-order valence-corrected chi connectivity index (χ0v) is 14.6. The topological polar surface area (TPSA) is 121 Å². The number of aliphatic hydroxyl groups excluding tert-OH is 1. The molecule has 7 nitrogen and oxygen atoms in total. The molecule has 7 heteroatoms. The van der Waals surface area contributed by atoms with Crippen LogP contribution < -0.4 is 4.74 Å². The number of phenols is 2. The number of aromatic hydroxyl groups is 2. The van der Waals surface area contributed by atoms with Crippen LogP contribution in [0.25, 0.3) is 10.8 Å². The van der Waals surface area contributed by atoms with Crippen molar-refractivity contribution in [2.75, 3.05) is 13.7 Å². The number of phenolic OH excluding ortho intramolecular Hbond substituents is 2. The minimum atomic E-state index is -0.728. The molecule has 1 aliphatic carbocycles. The highest BCUT2D eigenvalue weighted by atomic mass is 16.5. The van der Waals surface area contributed by atoms with Crippen LogP contribution in [0.5, 0.6) is 17.2 Å². The van der Waals surface area contributed by atoms with E-state index in [-0.39, 0.29) is 44.3 Å². The Morgan fingerprint density at radius 1 is 0.929 bits per heavy atom. The second-order valence-electron chi connectivity index (χ2n) is 6.33. The molecule has 0 heterocycles. The molecule has 0 aromatic heterocycles. The summed E-state index contributed by atoms with van der Waals surface area (Å²) in [7, 11) is 1.36. The molecule has 0 unspecified atom stereocenters. The van der Waals surface area contributed by atoms with Gasteiger partial charge < -0.3 is 20.1 Å². The SMILES string of the molecule is COc1cccc2c1C(=O)c1c(c(O)c3cc(C(=O)CO)ccc3c1O)C2=O. The first-order chi connectivity index (χ1) is 13.4. The molecule has 4 rings (SSSR count). The first kappa shape index (κ1) is 17.7. The van der Waals surface area contributed by atoms with Crippen LogP contribution in [0.15, 0.2) is 36.4 Å². The molecule has 0 aliphatic heterocycles. The zero-order chi connectivity index (χ0) is 20.2. The number of ketones is 3. The molecule has 3 aromatic carbocycles. The number of hydrogen-bond acceptors (Lipinski definition) is 7. The molecule has 0 atom stereocenters. The Hall–Kier alpha value is -3.71. The fraction of sp³-hybridized carbons (Fsp3) is 0.0952. The lowest BCUT2D eigenvalue weighted by Gasteiger charge is -2.22. The molecule has 3 aromatic rings. The van der Waals surface area contributed by atoms with E-state index in [4.69, 9.17) is 9.84 Å². The number of Topliss-reactive ketones (excluding diaryl/α,β-unsaturated/α-hetero) is 1. The highest BCUT2D eigenvalue weighted by Gasteiger charge is 2.38. The number of hydrogen-bond donors (Lipinski definition) is 3. The first-order valence-corrected chi connectivity index (χ1v) is 8.32. The molecule has 0 amide bonds. The van der Waals surface area contributed by atoms with Crippen LogP contribution in [0.2, 0.25) is 0 Å². The molecule has 0 radical (unpaired) electrons. The summed E-state index contributed by atoms with van der Waals surface area (Å²) in [4.78, 5) is 37.9. The van der Waals surface area contributed by atoms with Gasteiger partial charge in [-0.05, 0) is 18.2 Å². The van der Waals surface area contributed by atoms with Gasteiger partial charge in [-0.2, -0.15) is 0 Å². The van der Waals surface area contributed by atoms with Crippen LogP contribution in [-0.4, -0.2) is 46.4 Å². The van der Waals surface area contributed by atoms with Gasteiger partial charge in [0.25, 0.3) is 0 Å². The van der Waals surface area contributed by atoms with E-state index in [1.165, 1.54) is 37.4 Å². The third-order valence-corrected chi connectivity index (χ3v) is 4.89. The normalized spacial score (nSPS) is 12.6. The highest BCUT2D eigenvalue weighted by Crippen LogP contribution is 2.45. The summed E-state index contributed by atoms with van der Waals surface area (Å²) in [5, 5.41) is 30.6. The van der Waals surface area contributed by atoms with Crippen molar-refractivity contribution in [2.45, 2.75) is 0 Å². The standard InChI is InChI=1S/C21H14O7/c1-28-14-4-2-3-11-15(14)21(27)17-16(19(11)25)20(26)12-7-9(13(23)8-22)5-6-10(12)18(17)24/h2-7,22,24,26H,8H2,1H3. The van der Waals surface area contributed by atoms with E-state index in [1.54, 1.807) is 6.07 Å². The number of carbonyl (C=O) groups excluding carboxylic acids is 3. The summed E-state index contributed by atoms with van der Waals surface area (Å²) < 4.78 is 5.18. The maximum Gasteiger partial charge on any atom is 0.202 e. The van der Waals surface area contributed by atoms with E-state index in [0.717, 1.165) is 0 Å². The van der Waals surface area contributed by atoms with Crippen molar-refractivity contribution in [3.05, 3.63) is 64.2 Å². The fourth-order valence-corrected chi connectivity index (χ4v) is 3.54. The Balaban J connectivity index is 2.08. The van der Waals surface area contributed by atoms with E-state index in [9.17, 15) is 24.6 Å². The maximum atomic E-state index is 13.1. The fourth-order valence-electron chi connectivity index (χ4n) is 3.54. The quantitative estimate of drug-likeness (QED) is 0.369. The number of aliphatic hydroxyl groups is 1. The molecule has 28 heavy (non-hydrogen) atoms. The molecule has 0 bridgehead atoms. The number of carbonyl (C=O) groups is 3. The molecule has 140 valence electrons. The van der Waals surface area contributed by atoms with Crippen LogP contribution in [0.3, 0.4) is 0 Å². The Morgan fingerprint density at radius 3 is 2.29 bits per heavy atom. The van der Waals surface area contributed by atoms with Crippen LogP contribution >= 0.6 is 0 Å². The van der Waals surface area contributed by atoms with Gasteiger partial charge in [0.15, 0.2) is 11.6 Å². The summed E-state index contributed by atoms with van der Waals surface area (Å²) in [6, 6.07) is 8.48. The van der Waals surface area contributed by atoms with Crippen LogP contribution in [0, 0.1) is 0 Å². The van der Waals surface area contributed by atoms with E-state index in [2.05, 4.69) is 0 Å². The van der Waals surface area contributed by atoms with E-state index in [0.29, 0.717) is 0 Å². The minimum absolute atomic E-state index is 0.0172. The van der Waals surface area contributed by atoms with Crippen molar-refractivity contribution in [3.8, 4) is 17.2 Å². The highest BCUT2D eigenvalue weighted by molar-refractivity contribution is 6.33. The molecule has 1 aliphatic rings. The smallest absolute Gasteiger partial charge is 0.202 e. The van der Waals surface area contributed by atoms with Crippen molar-refractivity contribution < 1.29 is 34.4 Å². The van der Waals surface area contributed by atoms with Crippen LogP contribution in [0.1, 0.15) is 42.2 Å². The monoisotopic (exact) mass is 378 g/mol. The summed E-state index contributed by atoms with van der Waals surface area (Å²) in [6.45, 7) is -0.728. The number of rotatable bonds is 3. The van der Waals surface area contributed by atoms with Gasteiger partial charge in [0.1, 0.15) is 23.9 Å². The second kappa shape index (κ2) is 6.17. The van der Waals surface area contributed by atoms with Crippen LogP contribution in [0.4, 0.5) is 0 Å². The molecular formula is C21H14O7. The van der Waals surface area contributed by atoms with Crippen LogP contribution in [-0.2, 0) is 0 Å². The average Bonchev–Trinajstić information content (AvgIpc) is 2.72. The largest absolute Gasteiger partial charge is 0.506 e. The van der Waals surface area contributed by atoms with Gasteiger partial charge in [-0.25, -0.2) is 0 Å². The zero-order valence-electron chi connectivity index (χ0n) is 14.6. The lowest BCUT2D eigenvalue weighted by Crippen LogP contribution is -2.22. The number of ether oxygens (including phenoxy) is 1. The maximum absolute atomic E-state index is 13.1. The van der Waals surface area contributed by atoms with Crippen molar-refractivity contribution in [1.29, 1.82) is 0 Å². The molecule has 0 saturated heterocycles. The van der Waals surface area contributed by atoms with Crippen molar-refractivity contribution in [3.63, 3.8) is 0 Å². The predicted octanol–water partition coefficient (Wildman–Crippen LogP) is 2.21. The van der Waals surface area contributed by atoms with Crippen molar-refractivity contribution in [1.82, 2.24) is 0 Å². The Morgan fingerprint density at radius 2 is 1.61 bits per heavy atom. The third-order valence-electron chi connectivity index (χ3n) is 4.89. The molecule has 0 fully saturated rings. The van der Waals surface area contributed by atoms with Gasteiger partial charge in [-0.15, -0.1) is 0 Å². The Labute approximate surface area is 158 Å². The lowest BCUT2D eigenvalue weighted by molar-refractivity contribution is 0.0903. The molecule has 0 saturated carbocycles. The van der Waals surface area contributed by atoms with Gasteiger partial charge in [0.05, 0.1) is 23.8 Å². The summed E-state index contributed by atoms with van der Waals surface area (Å²) in [5.41, 5.74) is -0.476.